The maximum atomic E-state index is 12.6. The lowest BCUT2D eigenvalue weighted by Crippen LogP contribution is -2.29. The van der Waals surface area contributed by atoms with E-state index in [4.69, 9.17) is 8.92 Å². The van der Waals surface area contributed by atoms with Crippen molar-refractivity contribution in [2.24, 2.45) is 0 Å². The van der Waals surface area contributed by atoms with Crippen LogP contribution in [0.4, 0.5) is 0 Å². The molecule has 0 aliphatic carbocycles. The van der Waals surface area contributed by atoms with E-state index in [-0.39, 0.29) is 17.9 Å². The van der Waals surface area contributed by atoms with Gasteiger partial charge in [-0.2, -0.15) is 8.42 Å². The minimum absolute atomic E-state index is 0.0670. The molecule has 140 valence electrons. The van der Waals surface area contributed by atoms with Crippen molar-refractivity contribution in [3.8, 4) is 0 Å². The lowest BCUT2D eigenvalue weighted by atomic mass is 10.1. The van der Waals surface area contributed by atoms with Gasteiger partial charge in [0.15, 0.2) is 6.10 Å². The summed E-state index contributed by atoms with van der Waals surface area (Å²) in [7, 11) is -4.05. The van der Waals surface area contributed by atoms with Crippen LogP contribution in [0.2, 0.25) is 0 Å². The summed E-state index contributed by atoms with van der Waals surface area (Å²) < 4.78 is 35.4. The number of carbonyl (C=O) groups excluding carboxylic acids is 1. The Labute approximate surface area is 155 Å². The number of benzene rings is 2. The van der Waals surface area contributed by atoms with Crippen LogP contribution in [0.5, 0.6) is 0 Å². The topological polar surface area (TPSA) is 69.7 Å². The Balaban J connectivity index is 2.09. The molecule has 0 radical (unpaired) electrons. The Morgan fingerprint density at radius 1 is 1.04 bits per heavy atom. The second-order valence-electron chi connectivity index (χ2n) is 5.93. The molecule has 0 bridgehead atoms. The third kappa shape index (κ3) is 5.68. The maximum Gasteiger partial charge on any atom is 0.336 e. The number of carbonyl (C=O) groups is 1. The smallest absolute Gasteiger partial charge is 0.336 e. The highest BCUT2D eigenvalue weighted by atomic mass is 32.2. The quantitative estimate of drug-likeness (QED) is 0.493. The van der Waals surface area contributed by atoms with E-state index in [1.54, 1.807) is 32.0 Å². The van der Waals surface area contributed by atoms with Crippen molar-refractivity contribution < 1.29 is 22.1 Å². The average Bonchev–Trinajstić information content (AvgIpc) is 2.62. The number of ether oxygens (including phenoxy) is 1. The number of esters is 1. The highest BCUT2D eigenvalue weighted by molar-refractivity contribution is 7.86. The zero-order valence-electron chi connectivity index (χ0n) is 15.1. The molecule has 26 heavy (non-hydrogen) atoms. The van der Waals surface area contributed by atoms with Gasteiger partial charge < -0.3 is 4.74 Å². The molecule has 0 heterocycles. The van der Waals surface area contributed by atoms with Crippen molar-refractivity contribution in [2.45, 2.75) is 44.1 Å². The van der Waals surface area contributed by atoms with E-state index in [0.29, 0.717) is 12.0 Å². The Hall–Kier alpha value is -2.18. The van der Waals surface area contributed by atoms with E-state index in [9.17, 15) is 13.2 Å². The first-order chi connectivity index (χ1) is 12.4. The second-order valence-corrected chi connectivity index (χ2v) is 7.47. The molecule has 0 aliphatic heterocycles. The van der Waals surface area contributed by atoms with Crippen LogP contribution >= 0.6 is 0 Å². The zero-order valence-corrected chi connectivity index (χ0v) is 15.9. The normalized spacial score (nSPS) is 12.5. The van der Waals surface area contributed by atoms with Crippen molar-refractivity contribution in [3.63, 3.8) is 0 Å². The molecule has 0 aromatic heterocycles. The van der Waals surface area contributed by atoms with E-state index in [2.05, 4.69) is 0 Å². The first-order valence-electron chi connectivity index (χ1n) is 8.63. The van der Waals surface area contributed by atoms with Gasteiger partial charge in [0.2, 0.25) is 0 Å². The minimum Gasteiger partial charge on any atom is -0.464 e. The summed E-state index contributed by atoms with van der Waals surface area (Å²) in [6.45, 7) is 3.53. The van der Waals surface area contributed by atoms with E-state index >= 15 is 0 Å². The van der Waals surface area contributed by atoms with Gasteiger partial charge in [0.25, 0.3) is 10.1 Å². The van der Waals surface area contributed by atoms with Crippen LogP contribution in [0.25, 0.3) is 0 Å². The molecule has 0 saturated carbocycles. The zero-order chi connectivity index (χ0) is 19.0. The molecule has 2 rings (SSSR count). The van der Waals surface area contributed by atoms with Crippen molar-refractivity contribution >= 4 is 16.1 Å². The number of hydrogen-bond donors (Lipinski definition) is 0. The summed E-state index contributed by atoms with van der Waals surface area (Å²) >= 11 is 0. The summed E-state index contributed by atoms with van der Waals surface area (Å²) in [6, 6.07) is 16.3. The molecule has 0 aliphatic rings. The monoisotopic (exact) mass is 376 g/mol. The minimum atomic E-state index is -4.05. The van der Waals surface area contributed by atoms with Gasteiger partial charge in [0.05, 0.1) is 11.5 Å². The van der Waals surface area contributed by atoms with Crippen LogP contribution in [0.1, 0.15) is 30.9 Å². The van der Waals surface area contributed by atoms with E-state index in [1.807, 2.05) is 30.3 Å². The van der Waals surface area contributed by atoms with Crippen LogP contribution < -0.4 is 0 Å². The number of hydrogen-bond acceptors (Lipinski definition) is 5. The van der Waals surface area contributed by atoms with Gasteiger partial charge in [0.1, 0.15) is 0 Å². The van der Waals surface area contributed by atoms with Crippen LogP contribution in [0.3, 0.4) is 0 Å². The molecule has 0 N–H and O–H groups in total. The summed E-state index contributed by atoms with van der Waals surface area (Å²) in [4.78, 5) is 12.2. The van der Waals surface area contributed by atoms with E-state index in [0.717, 1.165) is 12.0 Å². The third-order valence-corrected chi connectivity index (χ3v) is 5.41. The highest BCUT2D eigenvalue weighted by Gasteiger charge is 2.29. The Morgan fingerprint density at radius 2 is 1.69 bits per heavy atom. The van der Waals surface area contributed by atoms with E-state index < -0.39 is 22.2 Å². The molecule has 0 fully saturated rings. The van der Waals surface area contributed by atoms with Crippen molar-refractivity contribution in [1.82, 2.24) is 0 Å². The molecule has 6 heteroatoms. The average molecular weight is 376 g/mol. The highest BCUT2D eigenvalue weighted by Crippen LogP contribution is 2.21. The molecule has 0 unspecified atom stereocenters. The molecule has 0 saturated heterocycles. The summed E-state index contributed by atoms with van der Waals surface area (Å²) in [5.41, 5.74) is 1.69. The summed E-state index contributed by atoms with van der Waals surface area (Å²) in [5, 5.41) is 0. The van der Waals surface area contributed by atoms with Crippen molar-refractivity contribution in [2.75, 3.05) is 6.61 Å². The van der Waals surface area contributed by atoms with Crippen LogP contribution in [-0.4, -0.2) is 27.1 Å². The van der Waals surface area contributed by atoms with Crippen LogP contribution in [0.15, 0.2) is 59.5 Å². The lowest BCUT2D eigenvalue weighted by Gasteiger charge is -2.17. The fraction of sp³-hybridized carbons (Fsp3) is 0.350. The fourth-order valence-electron chi connectivity index (χ4n) is 2.62. The van der Waals surface area contributed by atoms with E-state index in [1.165, 1.54) is 6.07 Å². The molecule has 5 nitrogen and oxygen atoms in total. The standard InChI is InChI=1S/C20H24O5S/c1-3-24-20(21)18(14-9-13-17-11-5-4-6-12-17)25-26(22,23)19-15-8-7-10-16(19)2/h4-8,10-12,15,18H,3,9,13-14H2,1-2H3/t18-/m1/s1. The molecular formula is C20H24O5S. The number of rotatable bonds is 9. The largest absolute Gasteiger partial charge is 0.464 e. The molecule has 2 aromatic rings. The molecule has 1 atom stereocenters. The summed E-state index contributed by atoms with van der Waals surface area (Å²) in [6.07, 6.45) is 0.448. The predicted octanol–water partition coefficient (Wildman–Crippen LogP) is 3.65. The van der Waals surface area contributed by atoms with Crippen molar-refractivity contribution in [3.05, 3.63) is 65.7 Å². The maximum absolute atomic E-state index is 12.6. The third-order valence-electron chi connectivity index (χ3n) is 3.93. The fourth-order valence-corrected chi connectivity index (χ4v) is 3.91. The Morgan fingerprint density at radius 3 is 2.35 bits per heavy atom. The van der Waals surface area contributed by atoms with Gasteiger partial charge in [-0.25, -0.2) is 4.79 Å². The molecular weight excluding hydrogens is 352 g/mol. The van der Waals surface area contributed by atoms with Crippen LogP contribution in [-0.2, 0) is 30.3 Å². The van der Waals surface area contributed by atoms with Crippen LogP contribution in [0, 0.1) is 6.92 Å². The Bertz CT molecular complexity index is 815. The lowest BCUT2D eigenvalue weighted by molar-refractivity contribution is -0.151. The first-order valence-corrected chi connectivity index (χ1v) is 10.0. The summed E-state index contributed by atoms with van der Waals surface area (Å²) in [5.74, 6) is -0.655. The first kappa shape index (κ1) is 20.1. The van der Waals surface area contributed by atoms with Crippen molar-refractivity contribution in [1.29, 1.82) is 0 Å². The van der Waals surface area contributed by atoms with Gasteiger partial charge in [-0.3, -0.25) is 4.18 Å². The Kier molecular flexibility index (Phi) is 7.36. The predicted molar refractivity (Wildman–Crippen MR) is 99.3 cm³/mol. The second kappa shape index (κ2) is 9.50. The van der Waals surface area contributed by atoms with Gasteiger partial charge >= 0.3 is 5.97 Å². The number of aryl methyl sites for hydroxylation is 2. The van der Waals surface area contributed by atoms with Gasteiger partial charge in [0, 0.05) is 0 Å². The molecule has 2 aromatic carbocycles. The van der Waals surface area contributed by atoms with Gasteiger partial charge in [-0.05, 0) is 50.3 Å². The van der Waals surface area contributed by atoms with Gasteiger partial charge in [-0.15, -0.1) is 0 Å². The molecule has 0 spiro atoms. The SMILES string of the molecule is CCOC(=O)[C@@H](CCCc1ccccc1)OS(=O)(=O)c1ccccc1C. The van der Waals surface area contributed by atoms with Gasteiger partial charge in [-0.1, -0.05) is 48.5 Å². The molecule has 0 amide bonds.